The molecular weight excluding hydrogens is 378 g/mol. The van der Waals surface area contributed by atoms with Crippen molar-refractivity contribution in [3.05, 3.63) is 32.6 Å². The molecule has 8 nitrogen and oxygen atoms in total. The first-order valence-electron chi connectivity index (χ1n) is 9.33. The first-order valence-corrected chi connectivity index (χ1v) is 10.1. The van der Waals surface area contributed by atoms with E-state index in [0.29, 0.717) is 27.7 Å². The molecule has 0 aliphatic heterocycles. The summed E-state index contributed by atoms with van der Waals surface area (Å²) in [5.41, 5.74) is 1.06. The molecule has 4 rings (SSSR count). The molecule has 3 aromatic rings. The monoisotopic (exact) mass is 401 g/mol. The van der Waals surface area contributed by atoms with Gasteiger partial charge in [-0.3, -0.25) is 9.59 Å². The van der Waals surface area contributed by atoms with Crippen molar-refractivity contribution in [2.75, 3.05) is 5.32 Å². The molecule has 28 heavy (non-hydrogen) atoms. The smallest absolute Gasteiger partial charge is 0.279 e. The maximum Gasteiger partial charge on any atom is 0.279 e. The Bertz CT molecular complexity index is 1110. The van der Waals surface area contributed by atoms with Gasteiger partial charge >= 0.3 is 0 Å². The van der Waals surface area contributed by atoms with Gasteiger partial charge in [0.05, 0.1) is 5.39 Å². The maximum absolute atomic E-state index is 13.0. The molecule has 0 radical (unpaired) electrons. The minimum Gasteiger partial charge on any atom is -0.360 e. The van der Waals surface area contributed by atoms with E-state index in [1.807, 2.05) is 0 Å². The third kappa shape index (κ3) is 3.46. The maximum atomic E-state index is 13.0. The van der Waals surface area contributed by atoms with Crippen LogP contribution in [0.2, 0.25) is 0 Å². The molecule has 3 aromatic heterocycles. The Labute approximate surface area is 165 Å². The third-order valence-corrected chi connectivity index (χ3v) is 6.49. The molecule has 1 amide bonds. The number of anilines is 1. The minimum absolute atomic E-state index is 0.219. The first-order chi connectivity index (χ1) is 13.2. The Hall–Kier alpha value is -2.55. The highest BCUT2D eigenvalue weighted by molar-refractivity contribution is 7.18. The Morgan fingerprint density at radius 2 is 2.21 bits per heavy atom. The van der Waals surface area contributed by atoms with Crippen LogP contribution in [0.5, 0.6) is 0 Å². The number of amides is 1. The van der Waals surface area contributed by atoms with Gasteiger partial charge in [0.2, 0.25) is 5.91 Å². The van der Waals surface area contributed by atoms with Gasteiger partial charge in [0.25, 0.3) is 5.56 Å². The summed E-state index contributed by atoms with van der Waals surface area (Å²) in [4.78, 5) is 27.1. The Balaban J connectivity index is 1.61. The van der Waals surface area contributed by atoms with E-state index in [0.717, 1.165) is 29.5 Å². The lowest BCUT2D eigenvalue weighted by Crippen LogP contribution is -2.31. The first kappa shape index (κ1) is 18.8. The van der Waals surface area contributed by atoms with Crippen LogP contribution in [0.1, 0.15) is 43.4 Å². The minimum atomic E-state index is -0.402. The van der Waals surface area contributed by atoms with Crippen molar-refractivity contribution < 1.29 is 9.32 Å². The lowest BCUT2D eigenvalue weighted by molar-refractivity contribution is -0.117. The van der Waals surface area contributed by atoms with Crippen molar-refractivity contribution in [3.63, 3.8) is 0 Å². The number of hydrogen-bond acceptors (Lipinski definition) is 7. The van der Waals surface area contributed by atoms with Crippen molar-refractivity contribution in [1.82, 2.24) is 20.2 Å². The molecule has 0 spiro atoms. The third-order valence-electron chi connectivity index (χ3n) is 5.35. The van der Waals surface area contributed by atoms with E-state index in [-0.39, 0.29) is 17.5 Å². The molecule has 0 unspecified atom stereocenters. The molecule has 3 heterocycles. The van der Waals surface area contributed by atoms with Gasteiger partial charge in [-0.25, -0.2) is 4.68 Å². The summed E-state index contributed by atoms with van der Waals surface area (Å²) in [5, 5.41) is 15.1. The molecule has 0 bridgehead atoms. The van der Waals surface area contributed by atoms with E-state index in [9.17, 15) is 9.59 Å². The molecule has 1 N–H and O–H groups in total. The molecular formula is C19H23N5O3S. The number of aryl methyl sites for hydroxylation is 2. The fourth-order valence-corrected chi connectivity index (χ4v) is 4.95. The normalized spacial score (nSPS) is 16.9. The standard InChI is InChI=1S/C19H23N5O3S/c1-10-7-14(22-27-10)20-15(25)9-24-18(26)16-12-6-5-11(19(2,3)4)8-13(12)28-17(16)21-23-24/h7,11H,5-6,8-9H2,1-4H3,(H,20,22,25)/t11-/m1/s1. The Morgan fingerprint density at radius 1 is 1.43 bits per heavy atom. The van der Waals surface area contributed by atoms with E-state index in [2.05, 4.69) is 41.6 Å². The van der Waals surface area contributed by atoms with Gasteiger partial charge in [0.1, 0.15) is 12.3 Å². The SMILES string of the molecule is Cc1cc(NC(=O)Cn2nnc3sc4c(c3c2=O)CC[C@@H](C(C)(C)C)C4)no1. The number of thiophene rings is 1. The second kappa shape index (κ2) is 6.80. The van der Waals surface area contributed by atoms with Crippen LogP contribution in [0.25, 0.3) is 10.2 Å². The zero-order chi connectivity index (χ0) is 20.1. The quantitative estimate of drug-likeness (QED) is 0.724. The summed E-state index contributed by atoms with van der Waals surface area (Å²) < 4.78 is 6.04. The molecule has 148 valence electrons. The molecule has 0 fully saturated rings. The highest BCUT2D eigenvalue weighted by Gasteiger charge is 2.32. The second-order valence-electron chi connectivity index (χ2n) is 8.41. The number of hydrogen-bond donors (Lipinski definition) is 1. The van der Waals surface area contributed by atoms with Gasteiger partial charge in [-0.05, 0) is 43.1 Å². The number of rotatable bonds is 3. The van der Waals surface area contributed by atoms with Gasteiger partial charge in [0, 0.05) is 10.9 Å². The molecule has 0 saturated carbocycles. The van der Waals surface area contributed by atoms with E-state index >= 15 is 0 Å². The van der Waals surface area contributed by atoms with E-state index < -0.39 is 5.91 Å². The summed E-state index contributed by atoms with van der Waals surface area (Å²) in [6.45, 7) is 8.30. The number of aromatic nitrogens is 4. The summed E-state index contributed by atoms with van der Waals surface area (Å²) in [5.74, 6) is 1.08. The highest BCUT2D eigenvalue weighted by atomic mass is 32.1. The van der Waals surface area contributed by atoms with Crippen molar-refractivity contribution in [2.24, 2.45) is 11.3 Å². The van der Waals surface area contributed by atoms with Crippen LogP contribution in [-0.2, 0) is 24.2 Å². The number of fused-ring (bicyclic) bond motifs is 3. The van der Waals surface area contributed by atoms with Crippen LogP contribution in [0.15, 0.2) is 15.4 Å². The lowest BCUT2D eigenvalue weighted by Gasteiger charge is -2.33. The predicted molar refractivity (Wildman–Crippen MR) is 107 cm³/mol. The van der Waals surface area contributed by atoms with Crippen LogP contribution < -0.4 is 10.9 Å². The predicted octanol–water partition coefficient (Wildman–Crippen LogP) is 2.94. The molecule has 1 aliphatic rings. The summed E-state index contributed by atoms with van der Waals surface area (Å²) in [7, 11) is 0. The van der Waals surface area contributed by atoms with Crippen LogP contribution in [0.4, 0.5) is 5.82 Å². The average Bonchev–Trinajstić information content (AvgIpc) is 3.19. The van der Waals surface area contributed by atoms with E-state index in [1.54, 1.807) is 24.3 Å². The Morgan fingerprint density at radius 3 is 2.89 bits per heavy atom. The number of nitrogens with one attached hydrogen (secondary N) is 1. The van der Waals surface area contributed by atoms with Crippen LogP contribution in [0, 0.1) is 18.3 Å². The second-order valence-corrected chi connectivity index (χ2v) is 9.50. The zero-order valence-electron chi connectivity index (χ0n) is 16.4. The number of carbonyl (C=O) groups is 1. The Kier molecular flexibility index (Phi) is 4.57. The fourth-order valence-electron chi connectivity index (χ4n) is 3.71. The van der Waals surface area contributed by atoms with Crippen molar-refractivity contribution in [3.8, 4) is 0 Å². The molecule has 1 aliphatic carbocycles. The summed E-state index contributed by atoms with van der Waals surface area (Å²) >= 11 is 1.56. The highest BCUT2D eigenvalue weighted by Crippen LogP contribution is 2.41. The van der Waals surface area contributed by atoms with Gasteiger partial charge < -0.3 is 9.84 Å². The van der Waals surface area contributed by atoms with Crippen molar-refractivity contribution >= 4 is 33.3 Å². The van der Waals surface area contributed by atoms with E-state index in [4.69, 9.17) is 4.52 Å². The lowest BCUT2D eigenvalue weighted by atomic mass is 9.72. The van der Waals surface area contributed by atoms with Crippen LogP contribution in [-0.4, -0.2) is 26.1 Å². The number of nitrogens with zero attached hydrogens (tertiary/aromatic N) is 4. The van der Waals surface area contributed by atoms with Crippen molar-refractivity contribution in [2.45, 2.75) is 53.5 Å². The topological polar surface area (TPSA) is 103 Å². The fraction of sp³-hybridized carbons (Fsp3) is 0.526. The zero-order valence-corrected chi connectivity index (χ0v) is 17.2. The van der Waals surface area contributed by atoms with Crippen molar-refractivity contribution in [1.29, 1.82) is 0 Å². The van der Waals surface area contributed by atoms with Gasteiger partial charge in [-0.2, -0.15) is 0 Å². The molecule has 9 heteroatoms. The summed E-state index contributed by atoms with van der Waals surface area (Å²) in [6, 6.07) is 1.61. The van der Waals surface area contributed by atoms with Crippen LogP contribution >= 0.6 is 11.3 Å². The van der Waals surface area contributed by atoms with Gasteiger partial charge in [-0.15, -0.1) is 16.4 Å². The number of carbonyl (C=O) groups excluding carboxylic acids is 1. The summed E-state index contributed by atoms with van der Waals surface area (Å²) in [6.07, 6.45) is 2.88. The van der Waals surface area contributed by atoms with E-state index in [1.165, 1.54) is 4.88 Å². The molecule has 1 atom stereocenters. The van der Waals surface area contributed by atoms with Crippen LogP contribution in [0.3, 0.4) is 0 Å². The average molecular weight is 401 g/mol. The molecule has 0 saturated heterocycles. The molecule has 0 aromatic carbocycles. The van der Waals surface area contributed by atoms with Gasteiger partial charge in [-0.1, -0.05) is 31.1 Å². The van der Waals surface area contributed by atoms with Gasteiger partial charge in [0.15, 0.2) is 10.6 Å². The largest absolute Gasteiger partial charge is 0.360 e.